The van der Waals surface area contributed by atoms with Crippen LogP contribution >= 0.6 is 11.8 Å². The van der Waals surface area contributed by atoms with Crippen LogP contribution in [0, 0.1) is 6.92 Å². The van der Waals surface area contributed by atoms with Crippen molar-refractivity contribution in [3.8, 4) is 22.5 Å². The molecule has 0 saturated carbocycles. The molecule has 1 unspecified atom stereocenters. The summed E-state index contributed by atoms with van der Waals surface area (Å²) in [6.45, 7) is 4.38. The molecule has 2 heterocycles. The van der Waals surface area contributed by atoms with Crippen molar-refractivity contribution in [2.75, 3.05) is 5.32 Å². The zero-order valence-electron chi connectivity index (χ0n) is 20.1. The van der Waals surface area contributed by atoms with Crippen LogP contribution in [0.3, 0.4) is 0 Å². The van der Waals surface area contributed by atoms with Gasteiger partial charge in [-0.2, -0.15) is 0 Å². The van der Waals surface area contributed by atoms with Crippen LogP contribution in [-0.4, -0.2) is 25.9 Å². The minimum atomic E-state index is -0.397. The summed E-state index contributed by atoms with van der Waals surface area (Å²) in [5.74, 6) is 1.39. The van der Waals surface area contributed by atoms with Gasteiger partial charge in [-0.05, 0) is 37.1 Å². The van der Waals surface area contributed by atoms with Gasteiger partial charge >= 0.3 is 0 Å². The first kappa shape index (κ1) is 23.6. The summed E-state index contributed by atoms with van der Waals surface area (Å²) in [5, 5.41) is 12.3. The maximum Gasteiger partial charge on any atom is 0.237 e. The van der Waals surface area contributed by atoms with Gasteiger partial charge in [-0.25, -0.2) is 0 Å². The van der Waals surface area contributed by atoms with Crippen molar-refractivity contribution in [1.82, 2.24) is 14.8 Å². The fraction of sp³-hybridized carbons (Fsp3) is 0.138. The molecule has 3 aromatic carbocycles. The van der Waals surface area contributed by atoms with E-state index in [0.717, 1.165) is 39.5 Å². The molecule has 5 aromatic rings. The van der Waals surface area contributed by atoms with Crippen molar-refractivity contribution in [2.24, 2.45) is 0 Å². The number of hydrogen-bond acceptors (Lipinski definition) is 5. The molecule has 0 saturated heterocycles. The first-order chi connectivity index (χ1) is 17.6. The molecule has 0 radical (unpaired) electrons. The second-order valence-electron chi connectivity index (χ2n) is 8.43. The molecule has 0 aliphatic rings. The normalized spacial score (nSPS) is 11.8. The number of hydrogen-bond donors (Lipinski definition) is 1. The zero-order chi connectivity index (χ0) is 24.9. The van der Waals surface area contributed by atoms with Gasteiger partial charge in [0.25, 0.3) is 0 Å². The van der Waals surface area contributed by atoms with E-state index in [1.165, 1.54) is 11.8 Å². The molecule has 0 fully saturated rings. The van der Waals surface area contributed by atoms with E-state index < -0.39 is 5.25 Å². The Bertz CT molecular complexity index is 1460. The summed E-state index contributed by atoms with van der Waals surface area (Å²) in [7, 11) is 0. The summed E-state index contributed by atoms with van der Waals surface area (Å²) in [4.78, 5) is 13.3. The van der Waals surface area contributed by atoms with Crippen molar-refractivity contribution in [3.63, 3.8) is 0 Å². The molecule has 180 valence electrons. The SMILES string of the molecule is Cc1occc1-c1nnc(SC(C)C(=O)Nc2ccccc2-c2ccccc2)n1Cc1ccccc1. The molecule has 36 heavy (non-hydrogen) atoms. The quantitative estimate of drug-likeness (QED) is 0.244. The van der Waals surface area contributed by atoms with Crippen LogP contribution in [0.5, 0.6) is 0 Å². The van der Waals surface area contributed by atoms with Gasteiger partial charge in [-0.3, -0.25) is 9.36 Å². The third-order valence-corrected chi connectivity index (χ3v) is 7.00. The largest absolute Gasteiger partial charge is 0.469 e. The average molecular weight is 495 g/mol. The molecule has 1 atom stereocenters. The van der Waals surface area contributed by atoms with Crippen molar-refractivity contribution >= 4 is 23.4 Å². The number of carbonyl (C=O) groups excluding carboxylic acids is 1. The van der Waals surface area contributed by atoms with Gasteiger partial charge in [0.15, 0.2) is 11.0 Å². The van der Waals surface area contributed by atoms with E-state index in [1.807, 2.05) is 97.3 Å². The summed E-state index contributed by atoms with van der Waals surface area (Å²) in [6, 6.07) is 29.9. The fourth-order valence-electron chi connectivity index (χ4n) is 4.01. The Kier molecular flexibility index (Phi) is 7.00. The van der Waals surface area contributed by atoms with Crippen molar-refractivity contribution < 1.29 is 9.21 Å². The Hall–Kier alpha value is -4.10. The minimum Gasteiger partial charge on any atom is -0.469 e. The highest BCUT2D eigenvalue weighted by atomic mass is 32.2. The molecule has 7 heteroatoms. The molecular weight excluding hydrogens is 468 g/mol. The standard InChI is InChI=1S/C29H26N4O2S/c1-20-24(17-18-35-20)27-31-32-29(33(27)19-22-11-5-3-6-12-22)36-21(2)28(34)30-26-16-10-9-15-25(26)23-13-7-4-8-14-23/h3-18,21H,19H2,1-2H3,(H,30,34). The highest BCUT2D eigenvalue weighted by molar-refractivity contribution is 8.00. The van der Waals surface area contributed by atoms with Crippen LogP contribution in [-0.2, 0) is 11.3 Å². The van der Waals surface area contributed by atoms with Crippen LogP contribution in [0.15, 0.2) is 107 Å². The molecule has 0 aliphatic carbocycles. The third-order valence-electron chi connectivity index (χ3n) is 5.92. The van der Waals surface area contributed by atoms with Gasteiger partial charge in [-0.1, -0.05) is 90.6 Å². The molecule has 0 aliphatic heterocycles. The van der Waals surface area contributed by atoms with E-state index >= 15 is 0 Å². The van der Waals surface area contributed by atoms with E-state index in [1.54, 1.807) is 6.26 Å². The highest BCUT2D eigenvalue weighted by Gasteiger charge is 2.23. The number of benzene rings is 3. The van der Waals surface area contributed by atoms with E-state index in [2.05, 4.69) is 27.6 Å². The molecule has 5 rings (SSSR count). The number of nitrogens with zero attached hydrogens (tertiary/aromatic N) is 3. The number of aromatic nitrogens is 3. The van der Waals surface area contributed by atoms with E-state index in [0.29, 0.717) is 11.7 Å². The van der Waals surface area contributed by atoms with Crippen LogP contribution in [0.4, 0.5) is 5.69 Å². The fourth-order valence-corrected chi connectivity index (χ4v) is 4.86. The molecule has 1 amide bonds. The van der Waals surface area contributed by atoms with Crippen molar-refractivity contribution in [3.05, 3.63) is 109 Å². The van der Waals surface area contributed by atoms with E-state index in [4.69, 9.17) is 4.42 Å². The Morgan fingerprint density at radius 3 is 2.33 bits per heavy atom. The summed E-state index contributed by atoms with van der Waals surface area (Å²) >= 11 is 1.39. The van der Waals surface area contributed by atoms with Crippen LogP contribution in [0.2, 0.25) is 0 Å². The molecule has 6 nitrogen and oxygen atoms in total. The third kappa shape index (κ3) is 5.11. The number of carbonyl (C=O) groups is 1. The summed E-state index contributed by atoms with van der Waals surface area (Å²) in [6.07, 6.45) is 1.65. The second-order valence-corrected chi connectivity index (χ2v) is 9.74. The van der Waals surface area contributed by atoms with Gasteiger partial charge < -0.3 is 9.73 Å². The van der Waals surface area contributed by atoms with Crippen LogP contribution in [0.25, 0.3) is 22.5 Å². The van der Waals surface area contributed by atoms with Crippen molar-refractivity contribution in [2.45, 2.75) is 30.8 Å². The first-order valence-corrected chi connectivity index (χ1v) is 12.6. The van der Waals surface area contributed by atoms with E-state index in [-0.39, 0.29) is 5.91 Å². The number of nitrogens with one attached hydrogen (secondary N) is 1. The molecule has 1 N–H and O–H groups in total. The predicted octanol–water partition coefficient (Wildman–Crippen LogP) is 6.68. The number of rotatable bonds is 8. The lowest BCUT2D eigenvalue weighted by atomic mass is 10.0. The van der Waals surface area contributed by atoms with Gasteiger partial charge in [0.2, 0.25) is 5.91 Å². The number of aryl methyl sites for hydroxylation is 1. The maximum absolute atomic E-state index is 13.3. The minimum absolute atomic E-state index is 0.0984. The average Bonchev–Trinajstić information content (AvgIpc) is 3.50. The van der Waals surface area contributed by atoms with Gasteiger partial charge in [0.05, 0.1) is 23.6 Å². The van der Waals surface area contributed by atoms with Crippen molar-refractivity contribution in [1.29, 1.82) is 0 Å². The summed E-state index contributed by atoms with van der Waals surface area (Å²) in [5.41, 5.74) is 4.82. The van der Waals surface area contributed by atoms with Gasteiger partial charge in [0, 0.05) is 11.3 Å². The number of thioether (sulfide) groups is 1. The molecular formula is C29H26N4O2S. The molecule has 2 aromatic heterocycles. The maximum atomic E-state index is 13.3. The lowest BCUT2D eigenvalue weighted by Crippen LogP contribution is -2.23. The monoisotopic (exact) mass is 494 g/mol. The Labute approximate surface area is 214 Å². The van der Waals surface area contributed by atoms with Crippen LogP contribution < -0.4 is 5.32 Å². The van der Waals surface area contributed by atoms with Gasteiger partial charge in [0.1, 0.15) is 5.76 Å². The molecule has 0 bridgehead atoms. The number of para-hydroxylation sites is 1. The summed E-state index contributed by atoms with van der Waals surface area (Å²) < 4.78 is 7.56. The number of anilines is 1. The Morgan fingerprint density at radius 1 is 0.917 bits per heavy atom. The lowest BCUT2D eigenvalue weighted by Gasteiger charge is -2.16. The first-order valence-electron chi connectivity index (χ1n) is 11.7. The predicted molar refractivity (Wildman–Crippen MR) is 144 cm³/mol. The second kappa shape index (κ2) is 10.7. The smallest absolute Gasteiger partial charge is 0.237 e. The zero-order valence-corrected chi connectivity index (χ0v) is 20.9. The topological polar surface area (TPSA) is 72.9 Å². The van der Waals surface area contributed by atoms with E-state index in [9.17, 15) is 4.79 Å². The molecule has 0 spiro atoms. The lowest BCUT2D eigenvalue weighted by molar-refractivity contribution is -0.115. The number of furan rings is 1. The van der Waals surface area contributed by atoms with Crippen LogP contribution in [0.1, 0.15) is 18.2 Å². The number of amides is 1. The Morgan fingerprint density at radius 2 is 1.61 bits per heavy atom. The van der Waals surface area contributed by atoms with Gasteiger partial charge in [-0.15, -0.1) is 10.2 Å². The Balaban J connectivity index is 1.39. The highest BCUT2D eigenvalue weighted by Crippen LogP contribution is 2.32.